The van der Waals surface area contributed by atoms with E-state index in [1.807, 2.05) is 48.5 Å². The number of nitrogens with one attached hydrogen (secondary N) is 1. The maximum absolute atomic E-state index is 12.7. The summed E-state index contributed by atoms with van der Waals surface area (Å²) in [5, 5.41) is 5.93. The van der Waals surface area contributed by atoms with Gasteiger partial charge in [-0.2, -0.15) is 0 Å². The number of ketones is 1. The van der Waals surface area contributed by atoms with Crippen LogP contribution in [-0.2, 0) is 11.3 Å². The first-order chi connectivity index (χ1) is 16.3. The largest absolute Gasteiger partial charge is 0.480 e. The van der Waals surface area contributed by atoms with Crippen LogP contribution in [0.15, 0.2) is 54.6 Å². The van der Waals surface area contributed by atoms with E-state index in [1.165, 1.54) is 6.92 Å². The fraction of sp³-hybridized carbons (Fsp3) is 0.333. The maximum Gasteiger partial charge on any atom is 0.260 e. The molecule has 2 atom stereocenters. The van der Waals surface area contributed by atoms with Crippen molar-refractivity contribution in [3.05, 3.63) is 75.8 Å². The molecule has 1 saturated heterocycles. The number of hydrogen-bond donors (Lipinski definition) is 1. The van der Waals surface area contributed by atoms with Gasteiger partial charge in [0.15, 0.2) is 11.9 Å². The van der Waals surface area contributed by atoms with Gasteiger partial charge in [0.05, 0.1) is 15.6 Å². The van der Waals surface area contributed by atoms with Gasteiger partial charge in [0.2, 0.25) is 0 Å². The number of likely N-dealkylation sites (tertiary alicyclic amines) is 1. The highest BCUT2D eigenvalue weighted by atomic mass is 35.5. The number of Topliss-reactive ketones (excluding diaryl/α,β-unsaturated/α-hetero) is 1. The van der Waals surface area contributed by atoms with Crippen LogP contribution in [0.3, 0.4) is 0 Å². The molecule has 1 fully saturated rings. The number of nitrogens with zero attached hydrogens (tertiary/aromatic N) is 1. The molecule has 0 bridgehead atoms. The van der Waals surface area contributed by atoms with E-state index < -0.39 is 6.10 Å². The Kier molecular flexibility index (Phi) is 7.77. The summed E-state index contributed by atoms with van der Waals surface area (Å²) in [4.78, 5) is 27.4. The standard InChI is InChI=1S/C27H28Cl2N2O3/c1-17(32)26-22-6-4-3-5-21(22)8-10-25(26)34-18(2)27(33)30-14-20-11-12-31(16-20)15-19-7-9-23(28)24(29)13-19/h3-10,13,18,20H,11-12,14-16H2,1-2H3,(H,30,33). The zero-order valence-electron chi connectivity index (χ0n) is 19.3. The monoisotopic (exact) mass is 498 g/mol. The predicted octanol–water partition coefficient (Wildman–Crippen LogP) is 5.75. The molecule has 3 aromatic carbocycles. The van der Waals surface area contributed by atoms with Crippen molar-refractivity contribution in [3.8, 4) is 5.75 Å². The number of carbonyl (C=O) groups is 2. The summed E-state index contributed by atoms with van der Waals surface area (Å²) in [7, 11) is 0. The molecule has 2 unspecified atom stereocenters. The fourth-order valence-electron chi connectivity index (χ4n) is 4.46. The van der Waals surface area contributed by atoms with Crippen LogP contribution in [0.5, 0.6) is 5.75 Å². The smallest absolute Gasteiger partial charge is 0.260 e. The molecule has 5 nitrogen and oxygen atoms in total. The summed E-state index contributed by atoms with van der Waals surface area (Å²) in [5.74, 6) is 0.521. The van der Waals surface area contributed by atoms with E-state index in [2.05, 4.69) is 10.2 Å². The third-order valence-corrected chi connectivity index (χ3v) is 6.98. The Labute approximate surface area is 210 Å². The molecule has 0 radical (unpaired) electrons. The lowest BCUT2D eigenvalue weighted by molar-refractivity contribution is -0.127. The molecule has 4 rings (SSSR count). The molecule has 1 amide bonds. The zero-order valence-corrected chi connectivity index (χ0v) is 20.8. The summed E-state index contributed by atoms with van der Waals surface area (Å²) >= 11 is 12.1. The molecular formula is C27H28Cl2N2O3. The lowest BCUT2D eigenvalue weighted by Crippen LogP contribution is -2.39. The fourth-order valence-corrected chi connectivity index (χ4v) is 4.79. The van der Waals surface area contributed by atoms with E-state index in [0.717, 1.165) is 42.4 Å². The van der Waals surface area contributed by atoms with Crippen LogP contribution < -0.4 is 10.1 Å². The Hall–Kier alpha value is -2.60. The Bertz CT molecular complexity index is 1210. The zero-order chi connectivity index (χ0) is 24.2. The van der Waals surface area contributed by atoms with Crippen molar-refractivity contribution >= 4 is 45.7 Å². The van der Waals surface area contributed by atoms with E-state index in [4.69, 9.17) is 27.9 Å². The summed E-state index contributed by atoms with van der Waals surface area (Å²) in [6.45, 7) is 6.47. The van der Waals surface area contributed by atoms with Crippen LogP contribution in [0.25, 0.3) is 10.8 Å². The molecule has 178 valence electrons. The van der Waals surface area contributed by atoms with Gasteiger partial charge in [0, 0.05) is 19.6 Å². The quantitative estimate of drug-likeness (QED) is 0.401. The lowest BCUT2D eigenvalue weighted by Gasteiger charge is -2.19. The lowest BCUT2D eigenvalue weighted by atomic mass is 10.0. The Morgan fingerprint density at radius 1 is 1.12 bits per heavy atom. The second-order valence-electron chi connectivity index (χ2n) is 8.86. The normalized spacial score (nSPS) is 17.0. The molecule has 0 saturated carbocycles. The van der Waals surface area contributed by atoms with Crippen molar-refractivity contribution in [2.45, 2.75) is 32.9 Å². The van der Waals surface area contributed by atoms with Crippen molar-refractivity contribution in [1.82, 2.24) is 10.2 Å². The van der Waals surface area contributed by atoms with E-state index in [1.54, 1.807) is 13.0 Å². The van der Waals surface area contributed by atoms with Gasteiger partial charge in [-0.15, -0.1) is 0 Å². The van der Waals surface area contributed by atoms with Gasteiger partial charge in [0.1, 0.15) is 5.75 Å². The number of amides is 1. The average Bonchev–Trinajstić information content (AvgIpc) is 3.26. The van der Waals surface area contributed by atoms with Gasteiger partial charge in [-0.05, 0) is 67.3 Å². The van der Waals surface area contributed by atoms with Crippen LogP contribution in [0, 0.1) is 5.92 Å². The first-order valence-electron chi connectivity index (χ1n) is 11.4. The maximum atomic E-state index is 12.7. The number of hydrogen-bond acceptors (Lipinski definition) is 4. The van der Waals surface area contributed by atoms with Crippen LogP contribution in [-0.4, -0.2) is 42.3 Å². The second-order valence-corrected chi connectivity index (χ2v) is 9.67. The molecule has 0 aliphatic carbocycles. The van der Waals surface area contributed by atoms with Crippen molar-refractivity contribution in [1.29, 1.82) is 0 Å². The van der Waals surface area contributed by atoms with Crippen LogP contribution in [0.2, 0.25) is 10.0 Å². The van der Waals surface area contributed by atoms with Crippen LogP contribution >= 0.6 is 23.2 Å². The molecule has 1 aliphatic rings. The van der Waals surface area contributed by atoms with Gasteiger partial charge in [-0.25, -0.2) is 0 Å². The number of rotatable bonds is 8. The van der Waals surface area contributed by atoms with E-state index in [0.29, 0.717) is 33.8 Å². The van der Waals surface area contributed by atoms with Gasteiger partial charge in [-0.1, -0.05) is 59.6 Å². The highest BCUT2D eigenvalue weighted by Crippen LogP contribution is 2.29. The van der Waals surface area contributed by atoms with Crippen molar-refractivity contribution < 1.29 is 14.3 Å². The SMILES string of the molecule is CC(=O)c1c(OC(C)C(=O)NCC2CCN(Cc3ccc(Cl)c(Cl)c3)C2)ccc2ccccc12. The summed E-state index contributed by atoms with van der Waals surface area (Å²) in [6.07, 6.45) is 0.295. The summed E-state index contributed by atoms with van der Waals surface area (Å²) in [5.41, 5.74) is 1.63. The number of fused-ring (bicyclic) bond motifs is 1. The third-order valence-electron chi connectivity index (χ3n) is 6.24. The summed E-state index contributed by atoms with van der Waals surface area (Å²) in [6, 6.07) is 17.1. The van der Waals surface area contributed by atoms with Gasteiger partial charge in [0.25, 0.3) is 5.91 Å². The molecule has 0 spiro atoms. The number of carbonyl (C=O) groups excluding carboxylic acids is 2. The van der Waals surface area contributed by atoms with Crippen LogP contribution in [0.1, 0.15) is 36.2 Å². The molecular weight excluding hydrogens is 471 g/mol. The van der Waals surface area contributed by atoms with Crippen molar-refractivity contribution in [2.75, 3.05) is 19.6 Å². The van der Waals surface area contributed by atoms with Gasteiger partial charge < -0.3 is 10.1 Å². The Balaban J connectivity index is 1.31. The second kappa shape index (κ2) is 10.8. The Morgan fingerprint density at radius 2 is 1.91 bits per heavy atom. The summed E-state index contributed by atoms with van der Waals surface area (Å²) < 4.78 is 5.95. The number of halogens is 2. The van der Waals surface area contributed by atoms with Crippen molar-refractivity contribution in [2.24, 2.45) is 5.92 Å². The van der Waals surface area contributed by atoms with E-state index in [9.17, 15) is 9.59 Å². The molecule has 1 heterocycles. The molecule has 1 N–H and O–H groups in total. The molecule has 34 heavy (non-hydrogen) atoms. The topological polar surface area (TPSA) is 58.6 Å². The van der Waals surface area contributed by atoms with Crippen LogP contribution in [0.4, 0.5) is 0 Å². The van der Waals surface area contributed by atoms with E-state index in [-0.39, 0.29) is 11.7 Å². The van der Waals surface area contributed by atoms with Crippen molar-refractivity contribution in [3.63, 3.8) is 0 Å². The van der Waals surface area contributed by atoms with Gasteiger partial charge >= 0.3 is 0 Å². The highest BCUT2D eigenvalue weighted by Gasteiger charge is 2.25. The average molecular weight is 499 g/mol. The highest BCUT2D eigenvalue weighted by molar-refractivity contribution is 6.42. The van der Waals surface area contributed by atoms with E-state index >= 15 is 0 Å². The minimum absolute atomic E-state index is 0.0903. The predicted molar refractivity (Wildman–Crippen MR) is 137 cm³/mol. The molecule has 7 heteroatoms. The number of benzene rings is 3. The minimum Gasteiger partial charge on any atom is -0.480 e. The molecule has 0 aromatic heterocycles. The Morgan fingerprint density at radius 3 is 2.68 bits per heavy atom. The minimum atomic E-state index is -0.715. The number of ether oxygens (including phenoxy) is 1. The first-order valence-corrected chi connectivity index (χ1v) is 12.2. The third kappa shape index (κ3) is 5.72. The van der Waals surface area contributed by atoms with Gasteiger partial charge in [-0.3, -0.25) is 14.5 Å². The molecule has 1 aliphatic heterocycles. The molecule has 3 aromatic rings. The first kappa shape index (κ1) is 24.5.